The lowest BCUT2D eigenvalue weighted by atomic mass is 9.75. The summed E-state index contributed by atoms with van der Waals surface area (Å²) in [5.41, 5.74) is 0.862. The van der Waals surface area contributed by atoms with Crippen LogP contribution in [-0.4, -0.2) is 0 Å². The van der Waals surface area contributed by atoms with Crippen LogP contribution in [0.25, 0.3) is 0 Å². The first-order valence-corrected chi connectivity index (χ1v) is 3.76. The molecule has 46 valence electrons. The molecular weight excluding hydrogens is 96.1 g/mol. The summed E-state index contributed by atoms with van der Waals surface area (Å²) in [5, 5.41) is 0. The molecular formula is C8H14. The number of fused-ring (bicyclic) bond motifs is 1. The molecule has 8 heavy (non-hydrogen) atoms. The molecule has 0 spiro atoms. The van der Waals surface area contributed by atoms with Crippen molar-refractivity contribution in [3.63, 3.8) is 0 Å². The van der Waals surface area contributed by atoms with Crippen molar-refractivity contribution < 1.29 is 0 Å². The van der Waals surface area contributed by atoms with Crippen molar-refractivity contribution in [3.8, 4) is 0 Å². The number of hydrogen-bond donors (Lipinski definition) is 0. The molecule has 0 N–H and O–H groups in total. The Kier molecular flexibility index (Phi) is 0.678. The third-order valence-corrected chi connectivity index (χ3v) is 3.24. The first-order valence-electron chi connectivity index (χ1n) is 3.76. The van der Waals surface area contributed by atoms with Crippen LogP contribution in [0.2, 0.25) is 0 Å². The van der Waals surface area contributed by atoms with Crippen LogP contribution in [0.15, 0.2) is 0 Å². The van der Waals surface area contributed by atoms with E-state index < -0.39 is 0 Å². The van der Waals surface area contributed by atoms with Crippen LogP contribution in [-0.2, 0) is 0 Å². The Balaban J connectivity index is 1.97. The Morgan fingerprint density at radius 1 is 1.50 bits per heavy atom. The summed E-state index contributed by atoms with van der Waals surface area (Å²) < 4.78 is 0. The van der Waals surface area contributed by atoms with Gasteiger partial charge >= 0.3 is 0 Å². The lowest BCUT2D eigenvalue weighted by Crippen LogP contribution is -2.22. The molecule has 0 saturated heterocycles. The maximum absolute atomic E-state index is 2.43. The molecule has 0 amide bonds. The average molecular weight is 110 g/mol. The minimum Gasteiger partial charge on any atom is -0.0651 e. The normalized spacial score (nSPS) is 59.2. The fourth-order valence-corrected chi connectivity index (χ4v) is 2.42. The molecule has 2 saturated carbocycles. The molecule has 2 aliphatic rings. The van der Waals surface area contributed by atoms with Gasteiger partial charge in [0.25, 0.3) is 0 Å². The highest BCUT2D eigenvalue weighted by Gasteiger charge is 2.62. The predicted molar refractivity (Wildman–Crippen MR) is 34.6 cm³/mol. The highest BCUT2D eigenvalue weighted by atomic mass is 14.7. The van der Waals surface area contributed by atoms with Gasteiger partial charge in [0.2, 0.25) is 0 Å². The minimum atomic E-state index is 0.862. The third-order valence-electron chi connectivity index (χ3n) is 3.24. The number of rotatable bonds is 1. The number of hydrogen-bond acceptors (Lipinski definition) is 0. The maximum atomic E-state index is 2.43. The van der Waals surface area contributed by atoms with Crippen molar-refractivity contribution in [2.45, 2.75) is 33.1 Å². The Morgan fingerprint density at radius 2 is 2.25 bits per heavy atom. The molecule has 0 aliphatic heterocycles. The Labute approximate surface area is 51.3 Å². The van der Waals surface area contributed by atoms with Crippen LogP contribution in [0, 0.1) is 17.3 Å². The highest BCUT2D eigenvalue weighted by Crippen LogP contribution is 2.71. The second-order valence-electron chi connectivity index (χ2n) is 3.84. The van der Waals surface area contributed by atoms with Gasteiger partial charge in [-0.1, -0.05) is 20.3 Å². The minimum absolute atomic E-state index is 0.862. The Hall–Kier alpha value is 0. The zero-order chi connectivity index (χ0) is 5.78. The second kappa shape index (κ2) is 1.12. The van der Waals surface area contributed by atoms with Gasteiger partial charge in [-0.2, -0.15) is 0 Å². The van der Waals surface area contributed by atoms with Crippen LogP contribution in [0.4, 0.5) is 0 Å². The molecule has 0 bridgehead atoms. The van der Waals surface area contributed by atoms with E-state index in [-0.39, 0.29) is 0 Å². The van der Waals surface area contributed by atoms with Crippen molar-refractivity contribution in [2.75, 3.05) is 0 Å². The molecule has 0 aromatic heterocycles. The largest absolute Gasteiger partial charge is 0.0651 e. The predicted octanol–water partition coefficient (Wildman–Crippen LogP) is 2.44. The second-order valence-corrected chi connectivity index (χ2v) is 3.84. The lowest BCUT2D eigenvalue weighted by Gasteiger charge is -2.30. The molecule has 0 aromatic carbocycles. The van der Waals surface area contributed by atoms with E-state index >= 15 is 0 Å². The highest BCUT2D eigenvalue weighted by molar-refractivity contribution is 5.11. The topological polar surface area (TPSA) is 0 Å². The third kappa shape index (κ3) is 0.375. The zero-order valence-corrected chi connectivity index (χ0v) is 5.78. The van der Waals surface area contributed by atoms with Gasteiger partial charge in [-0.05, 0) is 30.1 Å². The van der Waals surface area contributed by atoms with Gasteiger partial charge in [0.1, 0.15) is 0 Å². The van der Waals surface area contributed by atoms with E-state index in [1.165, 1.54) is 12.8 Å². The average Bonchev–Trinajstić information content (AvgIpc) is 2.21. The van der Waals surface area contributed by atoms with E-state index in [4.69, 9.17) is 0 Å². The standard InChI is InChI=1S/C8H14/c1-3-6-4-8(2)5-7(6)8/h6-7H,3-5H2,1-2H3. The summed E-state index contributed by atoms with van der Waals surface area (Å²) >= 11 is 0. The van der Waals surface area contributed by atoms with Gasteiger partial charge in [-0.3, -0.25) is 0 Å². The summed E-state index contributed by atoms with van der Waals surface area (Å²) in [5.74, 6) is 2.28. The Morgan fingerprint density at radius 3 is 2.38 bits per heavy atom. The molecule has 0 nitrogen and oxygen atoms in total. The van der Waals surface area contributed by atoms with E-state index in [0.29, 0.717) is 0 Å². The fourth-order valence-electron chi connectivity index (χ4n) is 2.42. The zero-order valence-electron chi connectivity index (χ0n) is 5.78. The van der Waals surface area contributed by atoms with Crippen LogP contribution < -0.4 is 0 Å². The maximum Gasteiger partial charge on any atom is -0.0289 e. The first kappa shape index (κ1) is 4.84. The van der Waals surface area contributed by atoms with E-state index in [9.17, 15) is 0 Å². The molecule has 2 fully saturated rings. The summed E-state index contributed by atoms with van der Waals surface area (Å²) in [4.78, 5) is 0. The molecule has 3 atom stereocenters. The summed E-state index contributed by atoms with van der Waals surface area (Å²) in [7, 11) is 0. The molecule has 0 radical (unpaired) electrons. The van der Waals surface area contributed by atoms with Gasteiger partial charge in [-0.15, -0.1) is 0 Å². The van der Waals surface area contributed by atoms with E-state index in [1.54, 1.807) is 6.42 Å². The molecule has 0 aromatic rings. The first-order chi connectivity index (χ1) is 3.76. The van der Waals surface area contributed by atoms with Crippen molar-refractivity contribution in [3.05, 3.63) is 0 Å². The van der Waals surface area contributed by atoms with Crippen LogP contribution in [0.5, 0.6) is 0 Å². The van der Waals surface area contributed by atoms with Crippen molar-refractivity contribution in [2.24, 2.45) is 17.3 Å². The molecule has 0 heteroatoms. The van der Waals surface area contributed by atoms with Gasteiger partial charge in [-0.25, -0.2) is 0 Å². The molecule has 2 rings (SSSR count). The molecule has 2 aliphatic carbocycles. The van der Waals surface area contributed by atoms with Crippen molar-refractivity contribution in [1.29, 1.82) is 0 Å². The van der Waals surface area contributed by atoms with Crippen LogP contribution in [0.1, 0.15) is 33.1 Å². The fraction of sp³-hybridized carbons (Fsp3) is 1.00. The van der Waals surface area contributed by atoms with Gasteiger partial charge < -0.3 is 0 Å². The van der Waals surface area contributed by atoms with Crippen molar-refractivity contribution in [1.82, 2.24) is 0 Å². The van der Waals surface area contributed by atoms with Gasteiger partial charge in [0.05, 0.1) is 0 Å². The van der Waals surface area contributed by atoms with Gasteiger partial charge in [0, 0.05) is 0 Å². The quantitative estimate of drug-likeness (QED) is 0.486. The smallest absolute Gasteiger partial charge is 0.0289 e. The van der Waals surface area contributed by atoms with Crippen LogP contribution >= 0.6 is 0 Å². The summed E-state index contributed by atoms with van der Waals surface area (Å²) in [6.45, 7) is 4.76. The summed E-state index contributed by atoms with van der Waals surface area (Å²) in [6, 6.07) is 0. The van der Waals surface area contributed by atoms with E-state index in [1.807, 2.05) is 0 Å². The van der Waals surface area contributed by atoms with E-state index in [2.05, 4.69) is 13.8 Å². The SMILES string of the molecule is CCC1CC2(C)CC12. The van der Waals surface area contributed by atoms with Crippen LogP contribution in [0.3, 0.4) is 0 Å². The van der Waals surface area contributed by atoms with E-state index in [0.717, 1.165) is 17.3 Å². The van der Waals surface area contributed by atoms with Crippen molar-refractivity contribution >= 4 is 0 Å². The summed E-state index contributed by atoms with van der Waals surface area (Å²) in [6.07, 6.45) is 4.51. The van der Waals surface area contributed by atoms with Gasteiger partial charge in [0.15, 0.2) is 0 Å². The molecule has 0 heterocycles. The lowest BCUT2D eigenvalue weighted by molar-refractivity contribution is 0.192. The molecule has 3 unspecified atom stereocenters. The Bertz CT molecular complexity index is 117. The monoisotopic (exact) mass is 110 g/mol.